The van der Waals surface area contributed by atoms with E-state index >= 15 is 0 Å². The molecular formula is C28H30Cl2N2O2S. The Labute approximate surface area is 222 Å². The smallest absolute Gasteiger partial charge is 0.243 e. The quantitative estimate of drug-likeness (QED) is 0.313. The highest BCUT2D eigenvalue weighted by Crippen LogP contribution is 2.28. The Morgan fingerprint density at radius 2 is 1.43 bits per heavy atom. The van der Waals surface area contributed by atoms with Crippen molar-refractivity contribution >= 4 is 46.8 Å². The van der Waals surface area contributed by atoms with Crippen LogP contribution in [-0.2, 0) is 28.3 Å². The van der Waals surface area contributed by atoms with Gasteiger partial charge in [-0.3, -0.25) is 9.59 Å². The molecule has 3 aromatic rings. The van der Waals surface area contributed by atoms with Crippen LogP contribution in [0.5, 0.6) is 0 Å². The first-order chi connectivity index (χ1) is 16.8. The zero-order valence-electron chi connectivity index (χ0n) is 19.9. The van der Waals surface area contributed by atoms with Gasteiger partial charge in [-0.2, -0.15) is 0 Å². The van der Waals surface area contributed by atoms with E-state index in [1.165, 1.54) is 11.8 Å². The van der Waals surface area contributed by atoms with E-state index in [0.29, 0.717) is 27.8 Å². The van der Waals surface area contributed by atoms with Gasteiger partial charge in [0.25, 0.3) is 0 Å². The summed E-state index contributed by atoms with van der Waals surface area (Å²) in [6, 6.07) is 24.2. The lowest BCUT2D eigenvalue weighted by Gasteiger charge is -2.32. The normalized spacial score (nSPS) is 11.8. The number of amides is 2. The van der Waals surface area contributed by atoms with E-state index in [9.17, 15) is 9.59 Å². The summed E-state index contributed by atoms with van der Waals surface area (Å²) in [5.41, 5.74) is 2.74. The summed E-state index contributed by atoms with van der Waals surface area (Å²) in [5, 5.41) is 3.92. The molecule has 4 nitrogen and oxygen atoms in total. The Bertz CT molecular complexity index is 1090. The van der Waals surface area contributed by atoms with Gasteiger partial charge < -0.3 is 10.2 Å². The molecule has 2 amide bonds. The van der Waals surface area contributed by atoms with Gasteiger partial charge in [0.05, 0.1) is 5.75 Å². The summed E-state index contributed by atoms with van der Waals surface area (Å²) in [7, 11) is 0. The molecule has 0 radical (unpaired) electrons. The van der Waals surface area contributed by atoms with Gasteiger partial charge in [0.1, 0.15) is 6.04 Å². The van der Waals surface area contributed by atoms with E-state index in [2.05, 4.69) is 5.32 Å². The first kappa shape index (κ1) is 27.1. The Morgan fingerprint density at radius 3 is 2.00 bits per heavy atom. The minimum atomic E-state index is -0.711. The molecule has 7 heteroatoms. The Hall–Kier alpha value is -2.47. The SMILES string of the molecule is CC(C)NC(=O)[C@H](Cc1ccccc1)N(Cc1c(Cl)cccc1Cl)C(=O)CSCc1ccccc1. The van der Waals surface area contributed by atoms with Crippen molar-refractivity contribution in [3.05, 3.63) is 106 Å². The average molecular weight is 530 g/mol. The van der Waals surface area contributed by atoms with E-state index < -0.39 is 6.04 Å². The third-order valence-electron chi connectivity index (χ3n) is 5.43. The fourth-order valence-corrected chi connectivity index (χ4v) is 5.09. The summed E-state index contributed by atoms with van der Waals surface area (Å²) >= 11 is 14.4. The fraction of sp³-hybridized carbons (Fsp3) is 0.286. The molecule has 0 aliphatic heterocycles. The van der Waals surface area contributed by atoms with Crippen molar-refractivity contribution in [3.8, 4) is 0 Å². The van der Waals surface area contributed by atoms with Crippen LogP contribution in [0.1, 0.15) is 30.5 Å². The fourth-order valence-electron chi connectivity index (χ4n) is 3.70. The molecule has 3 rings (SSSR count). The predicted molar refractivity (Wildman–Crippen MR) is 147 cm³/mol. The van der Waals surface area contributed by atoms with Crippen LogP contribution >= 0.6 is 35.0 Å². The molecule has 0 aromatic heterocycles. The van der Waals surface area contributed by atoms with Crippen molar-refractivity contribution in [2.75, 3.05) is 5.75 Å². The molecule has 0 spiro atoms. The number of hydrogen-bond acceptors (Lipinski definition) is 3. The van der Waals surface area contributed by atoms with Crippen molar-refractivity contribution in [3.63, 3.8) is 0 Å². The topological polar surface area (TPSA) is 49.4 Å². The highest BCUT2D eigenvalue weighted by molar-refractivity contribution is 7.99. The van der Waals surface area contributed by atoms with Gasteiger partial charge in [-0.15, -0.1) is 11.8 Å². The van der Waals surface area contributed by atoms with Crippen LogP contribution in [0.2, 0.25) is 10.0 Å². The molecule has 184 valence electrons. The molecule has 0 aliphatic carbocycles. The standard InChI is InChI=1S/C28H30Cl2N2O2S/c1-20(2)31-28(34)26(16-21-10-5-3-6-11-21)32(17-23-24(29)14-9-15-25(23)30)27(33)19-35-18-22-12-7-4-8-13-22/h3-15,20,26H,16-19H2,1-2H3,(H,31,34)/t26-/m0/s1. The monoisotopic (exact) mass is 528 g/mol. The van der Waals surface area contributed by atoms with E-state index in [1.54, 1.807) is 23.1 Å². The number of carbonyl (C=O) groups excluding carboxylic acids is 2. The molecule has 0 heterocycles. The molecule has 1 atom stereocenters. The summed E-state index contributed by atoms with van der Waals surface area (Å²) in [5.74, 6) is 0.599. The summed E-state index contributed by atoms with van der Waals surface area (Å²) in [6.45, 7) is 3.96. The van der Waals surface area contributed by atoms with E-state index in [1.807, 2.05) is 74.5 Å². The molecular weight excluding hydrogens is 499 g/mol. The second-order valence-electron chi connectivity index (χ2n) is 8.57. The maximum absolute atomic E-state index is 13.6. The van der Waals surface area contributed by atoms with Crippen LogP contribution in [0.3, 0.4) is 0 Å². The number of nitrogens with zero attached hydrogens (tertiary/aromatic N) is 1. The number of rotatable bonds is 11. The number of thioether (sulfide) groups is 1. The highest BCUT2D eigenvalue weighted by Gasteiger charge is 2.31. The maximum Gasteiger partial charge on any atom is 0.243 e. The minimum Gasteiger partial charge on any atom is -0.352 e. The molecule has 35 heavy (non-hydrogen) atoms. The average Bonchev–Trinajstić information content (AvgIpc) is 2.83. The zero-order valence-corrected chi connectivity index (χ0v) is 22.2. The second-order valence-corrected chi connectivity index (χ2v) is 10.4. The van der Waals surface area contributed by atoms with Gasteiger partial charge in [0.2, 0.25) is 11.8 Å². The van der Waals surface area contributed by atoms with Gasteiger partial charge in [0.15, 0.2) is 0 Å². The second kappa shape index (κ2) is 13.6. The number of halogens is 2. The van der Waals surface area contributed by atoms with Crippen molar-refractivity contribution in [2.24, 2.45) is 0 Å². The van der Waals surface area contributed by atoms with Crippen LogP contribution in [0.4, 0.5) is 0 Å². The predicted octanol–water partition coefficient (Wildman–Crippen LogP) is 6.39. The highest BCUT2D eigenvalue weighted by atomic mass is 35.5. The maximum atomic E-state index is 13.6. The number of carbonyl (C=O) groups is 2. The summed E-state index contributed by atoms with van der Waals surface area (Å²) in [4.78, 5) is 28.6. The van der Waals surface area contributed by atoms with E-state index in [0.717, 1.165) is 11.1 Å². The van der Waals surface area contributed by atoms with Crippen molar-refractivity contribution in [1.82, 2.24) is 10.2 Å². The molecule has 0 unspecified atom stereocenters. The molecule has 0 saturated heterocycles. The minimum absolute atomic E-state index is 0.0610. The largest absolute Gasteiger partial charge is 0.352 e. The van der Waals surface area contributed by atoms with Crippen LogP contribution in [0.25, 0.3) is 0 Å². The van der Waals surface area contributed by atoms with Crippen molar-refractivity contribution in [2.45, 2.75) is 44.6 Å². The Balaban J connectivity index is 1.90. The third-order valence-corrected chi connectivity index (χ3v) is 7.13. The van der Waals surface area contributed by atoms with Crippen LogP contribution in [0, 0.1) is 0 Å². The summed E-state index contributed by atoms with van der Waals surface area (Å²) < 4.78 is 0. The molecule has 0 bridgehead atoms. The van der Waals surface area contributed by atoms with Crippen molar-refractivity contribution in [1.29, 1.82) is 0 Å². The van der Waals surface area contributed by atoms with Crippen LogP contribution in [-0.4, -0.2) is 34.6 Å². The Morgan fingerprint density at radius 1 is 0.857 bits per heavy atom. The molecule has 0 aliphatic rings. The molecule has 0 saturated carbocycles. The molecule has 1 N–H and O–H groups in total. The number of benzene rings is 3. The van der Waals surface area contributed by atoms with Gasteiger partial charge in [-0.1, -0.05) is 89.9 Å². The number of hydrogen-bond donors (Lipinski definition) is 1. The lowest BCUT2D eigenvalue weighted by molar-refractivity contribution is -0.139. The first-order valence-corrected chi connectivity index (χ1v) is 13.4. The zero-order chi connectivity index (χ0) is 25.2. The van der Waals surface area contributed by atoms with Crippen LogP contribution in [0.15, 0.2) is 78.9 Å². The van der Waals surface area contributed by atoms with Crippen molar-refractivity contribution < 1.29 is 9.59 Å². The Kier molecular flexibility index (Phi) is 10.5. The number of nitrogens with one attached hydrogen (secondary N) is 1. The molecule has 0 fully saturated rings. The summed E-state index contributed by atoms with van der Waals surface area (Å²) in [6.07, 6.45) is 0.385. The molecule has 3 aromatic carbocycles. The van der Waals surface area contributed by atoms with E-state index in [-0.39, 0.29) is 30.2 Å². The third kappa shape index (κ3) is 8.31. The van der Waals surface area contributed by atoms with Gasteiger partial charge in [0, 0.05) is 40.4 Å². The van der Waals surface area contributed by atoms with Crippen LogP contribution < -0.4 is 5.32 Å². The van der Waals surface area contributed by atoms with Gasteiger partial charge >= 0.3 is 0 Å². The van der Waals surface area contributed by atoms with Gasteiger partial charge in [-0.25, -0.2) is 0 Å². The first-order valence-electron chi connectivity index (χ1n) is 11.5. The van der Waals surface area contributed by atoms with Gasteiger partial charge in [-0.05, 0) is 37.1 Å². The lowest BCUT2D eigenvalue weighted by atomic mass is 10.0. The van der Waals surface area contributed by atoms with E-state index in [4.69, 9.17) is 23.2 Å². The lowest BCUT2D eigenvalue weighted by Crippen LogP contribution is -2.52.